The number of piperazine rings is 1. The molecule has 21 heavy (non-hydrogen) atoms. The molecule has 0 aromatic heterocycles. The van der Waals surface area contributed by atoms with E-state index in [0.29, 0.717) is 6.54 Å². The van der Waals surface area contributed by atoms with Gasteiger partial charge in [0.2, 0.25) is 0 Å². The van der Waals surface area contributed by atoms with Gasteiger partial charge in [-0.3, -0.25) is 4.79 Å². The lowest BCUT2D eigenvalue weighted by molar-refractivity contribution is -0.919. The third kappa shape index (κ3) is 3.26. The Labute approximate surface area is 129 Å². The van der Waals surface area contributed by atoms with Gasteiger partial charge in [0.05, 0.1) is 13.1 Å². The molecule has 1 unspecified atom stereocenters. The van der Waals surface area contributed by atoms with Gasteiger partial charge in [-0.2, -0.15) is 0 Å². The van der Waals surface area contributed by atoms with Crippen LogP contribution in [-0.4, -0.2) is 25.5 Å². The molecule has 4 heteroatoms. The number of carbonyl (C=O) groups is 1. The highest BCUT2D eigenvalue weighted by Gasteiger charge is 2.30. The van der Waals surface area contributed by atoms with Crippen molar-refractivity contribution in [2.75, 3.05) is 19.6 Å². The molecule has 1 heterocycles. The van der Waals surface area contributed by atoms with Crippen LogP contribution in [0.3, 0.4) is 0 Å². The zero-order chi connectivity index (χ0) is 14.7. The summed E-state index contributed by atoms with van der Waals surface area (Å²) >= 11 is 6.00. The molecule has 108 valence electrons. The van der Waals surface area contributed by atoms with Crippen LogP contribution in [0.4, 0.5) is 0 Å². The minimum absolute atomic E-state index is 0.117. The average Bonchev–Trinajstić information content (AvgIpc) is 2.51. The average molecular weight is 302 g/mol. The number of halogens is 1. The second kappa shape index (κ2) is 6.29. The van der Waals surface area contributed by atoms with Crippen molar-refractivity contribution in [3.8, 4) is 0 Å². The van der Waals surface area contributed by atoms with Gasteiger partial charge in [0.1, 0.15) is 6.04 Å². The molecule has 0 bridgehead atoms. The first-order chi connectivity index (χ1) is 10.2. The maximum Gasteiger partial charge on any atom is 0.275 e. The molecule has 1 aliphatic heterocycles. The first kappa shape index (κ1) is 14.1. The number of carbonyl (C=O) groups excluding carboxylic acids is 1. The van der Waals surface area contributed by atoms with Crippen LogP contribution in [0.2, 0.25) is 5.02 Å². The Morgan fingerprint density at radius 3 is 2.33 bits per heavy atom. The zero-order valence-corrected chi connectivity index (χ0v) is 12.4. The van der Waals surface area contributed by atoms with Crippen molar-refractivity contribution in [2.24, 2.45) is 0 Å². The fourth-order valence-electron chi connectivity index (χ4n) is 2.93. The van der Waals surface area contributed by atoms with Crippen LogP contribution >= 0.6 is 11.6 Å². The maximum atomic E-state index is 11.7. The van der Waals surface area contributed by atoms with E-state index in [0.717, 1.165) is 18.1 Å². The van der Waals surface area contributed by atoms with Crippen molar-refractivity contribution in [3.63, 3.8) is 0 Å². The summed E-state index contributed by atoms with van der Waals surface area (Å²) in [5.41, 5.74) is 2.42. The van der Waals surface area contributed by atoms with Crippen LogP contribution < -0.4 is 10.2 Å². The lowest BCUT2D eigenvalue weighted by atomic mass is 9.96. The fourth-order valence-corrected chi connectivity index (χ4v) is 3.06. The van der Waals surface area contributed by atoms with Crippen LogP contribution in [0.15, 0.2) is 54.6 Å². The summed E-state index contributed by atoms with van der Waals surface area (Å²) in [7, 11) is 0. The molecule has 2 aromatic rings. The van der Waals surface area contributed by atoms with Gasteiger partial charge in [0.15, 0.2) is 6.54 Å². The first-order valence-corrected chi connectivity index (χ1v) is 7.53. The summed E-state index contributed by atoms with van der Waals surface area (Å²) in [5, 5.41) is 3.63. The molecule has 2 atom stereocenters. The minimum Gasteiger partial charge on any atom is -0.346 e. The quantitative estimate of drug-likeness (QED) is 0.884. The Balaban J connectivity index is 1.98. The van der Waals surface area contributed by atoms with Gasteiger partial charge in [-0.25, -0.2) is 0 Å². The Bertz CT molecular complexity index is 612. The normalized spacial score (nSPS) is 19.9. The zero-order valence-electron chi connectivity index (χ0n) is 11.7. The number of amides is 1. The summed E-state index contributed by atoms with van der Waals surface area (Å²) in [4.78, 5) is 13.0. The summed E-state index contributed by atoms with van der Waals surface area (Å²) in [6.45, 7) is 2.15. The standard InChI is InChI=1S/C17H17ClN2O/c18-15-8-6-14(7-9-15)17(13-4-2-1-3-5-13)20-11-10-19-16(21)12-20/h1-9,17H,10-12H2,(H,19,21)/p+1/t17-/m1/s1. The molecule has 2 N–H and O–H groups in total. The Hall–Kier alpha value is -1.84. The van der Waals surface area contributed by atoms with E-state index in [1.54, 1.807) is 0 Å². The molecular formula is C17H18ClN2O+. The van der Waals surface area contributed by atoms with Gasteiger partial charge < -0.3 is 10.2 Å². The molecule has 0 spiro atoms. The van der Waals surface area contributed by atoms with E-state index >= 15 is 0 Å². The number of quaternary nitrogens is 1. The molecule has 0 radical (unpaired) electrons. The molecule has 1 fully saturated rings. The van der Waals surface area contributed by atoms with Crippen molar-refractivity contribution in [2.45, 2.75) is 6.04 Å². The van der Waals surface area contributed by atoms with Crippen molar-refractivity contribution >= 4 is 17.5 Å². The van der Waals surface area contributed by atoms with Gasteiger partial charge in [0, 0.05) is 16.1 Å². The minimum atomic E-state index is 0.117. The summed E-state index contributed by atoms with van der Waals surface area (Å²) in [5.74, 6) is 0.117. The van der Waals surface area contributed by atoms with Crippen LogP contribution in [-0.2, 0) is 4.79 Å². The SMILES string of the molecule is O=C1C[NH+]([C@H](c2ccccc2)c2ccc(Cl)cc2)CCN1. The summed E-state index contributed by atoms with van der Waals surface area (Å²) in [6, 6.07) is 18.4. The summed E-state index contributed by atoms with van der Waals surface area (Å²) < 4.78 is 0. The van der Waals surface area contributed by atoms with Gasteiger partial charge in [0.25, 0.3) is 5.91 Å². The Kier molecular flexibility index (Phi) is 4.23. The fraction of sp³-hybridized carbons (Fsp3) is 0.235. The molecular weight excluding hydrogens is 284 g/mol. The van der Waals surface area contributed by atoms with E-state index in [2.05, 4.69) is 29.6 Å². The first-order valence-electron chi connectivity index (χ1n) is 7.16. The van der Waals surface area contributed by atoms with Crippen LogP contribution in [0.1, 0.15) is 17.2 Å². The molecule has 3 nitrogen and oxygen atoms in total. The van der Waals surface area contributed by atoms with Crippen LogP contribution in [0, 0.1) is 0 Å². The number of hydrogen-bond acceptors (Lipinski definition) is 1. The number of nitrogens with one attached hydrogen (secondary N) is 2. The largest absolute Gasteiger partial charge is 0.346 e. The van der Waals surface area contributed by atoms with E-state index in [4.69, 9.17) is 11.6 Å². The smallest absolute Gasteiger partial charge is 0.275 e. The number of rotatable bonds is 3. The van der Waals surface area contributed by atoms with Crippen LogP contribution in [0.25, 0.3) is 0 Å². The number of hydrogen-bond donors (Lipinski definition) is 2. The Morgan fingerprint density at radius 2 is 1.67 bits per heavy atom. The van der Waals surface area contributed by atoms with Crippen molar-refractivity contribution < 1.29 is 9.69 Å². The summed E-state index contributed by atoms with van der Waals surface area (Å²) in [6.07, 6.45) is 0. The Morgan fingerprint density at radius 1 is 1.00 bits per heavy atom. The second-order valence-electron chi connectivity index (χ2n) is 5.33. The van der Waals surface area contributed by atoms with E-state index in [1.807, 2.05) is 30.3 Å². The third-order valence-electron chi connectivity index (χ3n) is 3.90. The van der Waals surface area contributed by atoms with E-state index in [1.165, 1.54) is 16.0 Å². The molecule has 1 saturated heterocycles. The predicted octanol–water partition coefficient (Wildman–Crippen LogP) is 1.44. The van der Waals surface area contributed by atoms with Gasteiger partial charge in [-0.15, -0.1) is 0 Å². The van der Waals surface area contributed by atoms with Gasteiger partial charge >= 0.3 is 0 Å². The molecule has 1 aliphatic rings. The van der Waals surface area contributed by atoms with Crippen molar-refractivity contribution in [1.82, 2.24) is 5.32 Å². The maximum absolute atomic E-state index is 11.7. The molecule has 1 amide bonds. The van der Waals surface area contributed by atoms with E-state index in [9.17, 15) is 4.79 Å². The van der Waals surface area contributed by atoms with Crippen LogP contribution in [0.5, 0.6) is 0 Å². The topological polar surface area (TPSA) is 33.5 Å². The van der Waals surface area contributed by atoms with E-state index in [-0.39, 0.29) is 11.9 Å². The lowest BCUT2D eigenvalue weighted by Crippen LogP contribution is -3.15. The van der Waals surface area contributed by atoms with Crippen molar-refractivity contribution in [1.29, 1.82) is 0 Å². The second-order valence-corrected chi connectivity index (χ2v) is 5.77. The number of benzene rings is 2. The van der Waals surface area contributed by atoms with Gasteiger partial charge in [-0.05, 0) is 12.1 Å². The van der Waals surface area contributed by atoms with Crippen molar-refractivity contribution in [3.05, 3.63) is 70.7 Å². The molecule has 0 saturated carbocycles. The highest BCUT2D eigenvalue weighted by atomic mass is 35.5. The van der Waals surface area contributed by atoms with E-state index < -0.39 is 0 Å². The highest BCUT2D eigenvalue weighted by molar-refractivity contribution is 6.30. The monoisotopic (exact) mass is 301 g/mol. The molecule has 0 aliphatic carbocycles. The predicted molar refractivity (Wildman–Crippen MR) is 83.4 cm³/mol. The molecule has 2 aromatic carbocycles. The molecule has 3 rings (SSSR count). The highest BCUT2D eigenvalue weighted by Crippen LogP contribution is 2.21. The lowest BCUT2D eigenvalue weighted by Gasteiger charge is -2.31. The van der Waals surface area contributed by atoms with Gasteiger partial charge in [-0.1, -0.05) is 54.1 Å². The third-order valence-corrected chi connectivity index (χ3v) is 4.15.